The van der Waals surface area contributed by atoms with Gasteiger partial charge in [-0.2, -0.15) is 0 Å². The van der Waals surface area contributed by atoms with Crippen molar-refractivity contribution in [2.24, 2.45) is 17.0 Å². The molecule has 1 rings (SSSR count). The molecule has 0 unspecified atom stereocenters. The van der Waals surface area contributed by atoms with Gasteiger partial charge in [0, 0.05) is 11.9 Å². The topological polar surface area (TPSA) is 73.3 Å². The zero-order chi connectivity index (χ0) is 7.61. The fourth-order valence-corrected chi connectivity index (χ4v) is 0.839. The van der Waals surface area contributed by atoms with Crippen molar-refractivity contribution in [2.75, 3.05) is 13.2 Å². The van der Waals surface area contributed by atoms with Gasteiger partial charge in [0.05, 0.1) is 18.6 Å². The van der Waals surface area contributed by atoms with Crippen LogP contribution in [0.25, 0.3) is 0 Å². The molecule has 0 amide bonds. The predicted molar refractivity (Wildman–Crippen MR) is 38.5 cm³/mol. The first kappa shape index (κ1) is 7.37. The van der Waals surface area contributed by atoms with Crippen LogP contribution in [0.15, 0.2) is 11.9 Å². The van der Waals surface area contributed by atoms with Crippen molar-refractivity contribution in [2.45, 2.75) is 6.92 Å². The Balaban J connectivity index is 2.54. The lowest BCUT2D eigenvalue weighted by Crippen LogP contribution is -2.44. The number of hydrogen-bond donors (Lipinski definition) is 3. The quantitative estimate of drug-likeness (QED) is 0.352. The molecule has 10 heavy (non-hydrogen) atoms. The number of hydrazine groups is 1. The molecule has 58 valence electrons. The van der Waals surface area contributed by atoms with Gasteiger partial charge in [0.25, 0.3) is 0 Å². The Bertz CT molecular complexity index is 151. The fraction of sp³-hybridized carbons (Fsp3) is 0.667. The molecule has 0 atom stereocenters. The highest BCUT2D eigenvalue weighted by Gasteiger charge is 2.35. The summed E-state index contributed by atoms with van der Waals surface area (Å²) < 4.78 is 5.02. The number of ether oxygens (including phenoxy) is 1. The van der Waals surface area contributed by atoms with E-state index in [2.05, 4.69) is 5.43 Å². The van der Waals surface area contributed by atoms with Crippen molar-refractivity contribution < 1.29 is 4.74 Å². The maximum absolute atomic E-state index is 5.66. The Labute approximate surface area is 60.2 Å². The lowest BCUT2D eigenvalue weighted by atomic mass is 9.85. The van der Waals surface area contributed by atoms with Crippen molar-refractivity contribution in [1.29, 1.82) is 0 Å². The highest BCUT2D eigenvalue weighted by Crippen LogP contribution is 2.31. The van der Waals surface area contributed by atoms with E-state index in [0.717, 1.165) is 5.70 Å². The van der Waals surface area contributed by atoms with Gasteiger partial charge in [0.15, 0.2) is 0 Å². The van der Waals surface area contributed by atoms with E-state index >= 15 is 0 Å². The summed E-state index contributed by atoms with van der Waals surface area (Å²) in [7, 11) is 0. The molecule has 1 fully saturated rings. The summed E-state index contributed by atoms with van der Waals surface area (Å²) in [6, 6.07) is 0. The van der Waals surface area contributed by atoms with Crippen LogP contribution in [0.4, 0.5) is 0 Å². The van der Waals surface area contributed by atoms with Crippen LogP contribution in [0.5, 0.6) is 0 Å². The van der Waals surface area contributed by atoms with Crippen molar-refractivity contribution in [3.63, 3.8) is 0 Å². The van der Waals surface area contributed by atoms with Gasteiger partial charge in [-0.05, 0) is 6.92 Å². The number of rotatable bonds is 2. The third kappa shape index (κ3) is 1.08. The van der Waals surface area contributed by atoms with Crippen LogP contribution in [-0.4, -0.2) is 13.2 Å². The summed E-state index contributed by atoms with van der Waals surface area (Å²) in [6.07, 6.45) is 1.60. The molecule has 0 aliphatic carbocycles. The van der Waals surface area contributed by atoms with Gasteiger partial charge in [0.1, 0.15) is 0 Å². The second kappa shape index (κ2) is 2.48. The standard InChI is InChI=1S/C6H13N3O/c1-6(3-10-4-6)5(7)2-9-8/h2,9H,3-4,7-8H2,1H3/b5-2-. The highest BCUT2D eigenvalue weighted by atomic mass is 16.5. The number of nitrogens with two attached hydrogens (primary N) is 2. The van der Waals surface area contributed by atoms with Gasteiger partial charge in [-0.3, -0.25) is 5.84 Å². The third-order valence-electron chi connectivity index (χ3n) is 1.78. The molecular weight excluding hydrogens is 130 g/mol. The molecule has 1 aliphatic rings. The minimum absolute atomic E-state index is 0.00632. The summed E-state index contributed by atoms with van der Waals surface area (Å²) in [5.74, 6) is 5.06. The van der Waals surface area contributed by atoms with Gasteiger partial charge in [-0.25, -0.2) is 0 Å². The smallest absolute Gasteiger partial charge is 0.0597 e. The fourth-order valence-electron chi connectivity index (χ4n) is 0.839. The summed E-state index contributed by atoms with van der Waals surface area (Å²) in [4.78, 5) is 0. The molecule has 1 heterocycles. The van der Waals surface area contributed by atoms with Crippen LogP contribution in [0.3, 0.4) is 0 Å². The molecule has 1 saturated heterocycles. The average Bonchev–Trinajstić information content (AvgIpc) is 1.83. The van der Waals surface area contributed by atoms with E-state index in [9.17, 15) is 0 Å². The van der Waals surface area contributed by atoms with Crippen LogP contribution in [0.1, 0.15) is 6.92 Å². The first-order chi connectivity index (χ1) is 4.69. The van der Waals surface area contributed by atoms with E-state index < -0.39 is 0 Å². The van der Waals surface area contributed by atoms with Gasteiger partial charge >= 0.3 is 0 Å². The SMILES string of the molecule is CC1(/C(N)=C/NN)COC1. The minimum Gasteiger partial charge on any atom is -0.400 e. The first-order valence-electron chi connectivity index (χ1n) is 3.19. The Hall–Kier alpha value is -0.740. The molecule has 1 aliphatic heterocycles. The average molecular weight is 143 g/mol. The van der Waals surface area contributed by atoms with Crippen LogP contribution in [0.2, 0.25) is 0 Å². The van der Waals surface area contributed by atoms with Gasteiger partial charge < -0.3 is 15.9 Å². The minimum atomic E-state index is 0.00632. The van der Waals surface area contributed by atoms with Crippen LogP contribution in [-0.2, 0) is 4.74 Å². The molecular formula is C6H13N3O. The molecule has 0 saturated carbocycles. The van der Waals surface area contributed by atoms with E-state index in [4.69, 9.17) is 16.3 Å². The molecule has 0 bridgehead atoms. The van der Waals surface area contributed by atoms with Crippen LogP contribution < -0.4 is 17.0 Å². The van der Waals surface area contributed by atoms with Crippen molar-refractivity contribution in [1.82, 2.24) is 5.43 Å². The summed E-state index contributed by atoms with van der Waals surface area (Å²) in [6.45, 7) is 3.42. The molecule has 5 N–H and O–H groups in total. The summed E-state index contributed by atoms with van der Waals surface area (Å²) in [5.41, 5.74) is 8.82. The Morgan fingerprint density at radius 2 is 2.30 bits per heavy atom. The maximum atomic E-state index is 5.66. The lowest BCUT2D eigenvalue weighted by molar-refractivity contribution is -0.0788. The van der Waals surface area contributed by atoms with Crippen molar-refractivity contribution in [3.8, 4) is 0 Å². The van der Waals surface area contributed by atoms with Gasteiger partial charge in [-0.15, -0.1) is 0 Å². The van der Waals surface area contributed by atoms with Crippen molar-refractivity contribution in [3.05, 3.63) is 11.9 Å². The van der Waals surface area contributed by atoms with Crippen LogP contribution >= 0.6 is 0 Å². The third-order valence-corrected chi connectivity index (χ3v) is 1.78. The van der Waals surface area contributed by atoms with Gasteiger partial charge in [0.2, 0.25) is 0 Å². The Morgan fingerprint density at radius 3 is 2.60 bits per heavy atom. The molecule has 4 heteroatoms. The molecule has 4 nitrogen and oxygen atoms in total. The van der Waals surface area contributed by atoms with Crippen LogP contribution in [0, 0.1) is 5.41 Å². The van der Waals surface area contributed by atoms with E-state index in [1.54, 1.807) is 6.20 Å². The number of hydrogen-bond acceptors (Lipinski definition) is 4. The molecule has 0 aromatic rings. The zero-order valence-electron chi connectivity index (χ0n) is 6.05. The summed E-state index contributed by atoms with van der Waals surface area (Å²) >= 11 is 0. The lowest BCUT2D eigenvalue weighted by Gasteiger charge is -2.38. The second-order valence-electron chi connectivity index (χ2n) is 2.82. The molecule has 0 aromatic carbocycles. The Morgan fingerprint density at radius 1 is 1.70 bits per heavy atom. The van der Waals surface area contributed by atoms with E-state index in [1.807, 2.05) is 6.92 Å². The monoisotopic (exact) mass is 143 g/mol. The maximum Gasteiger partial charge on any atom is 0.0597 e. The van der Waals surface area contributed by atoms with E-state index in [1.165, 1.54) is 0 Å². The number of nitrogens with one attached hydrogen (secondary N) is 1. The largest absolute Gasteiger partial charge is 0.400 e. The summed E-state index contributed by atoms with van der Waals surface area (Å²) in [5, 5.41) is 0. The van der Waals surface area contributed by atoms with E-state index in [0.29, 0.717) is 13.2 Å². The van der Waals surface area contributed by atoms with E-state index in [-0.39, 0.29) is 5.41 Å². The Kier molecular flexibility index (Phi) is 1.82. The van der Waals surface area contributed by atoms with Gasteiger partial charge in [-0.1, -0.05) is 0 Å². The first-order valence-corrected chi connectivity index (χ1v) is 3.19. The molecule has 0 radical (unpaired) electrons. The molecule has 0 aromatic heterocycles. The highest BCUT2D eigenvalue weighted by molar-refractivity contribution is 5.11. The molecule has 0 spiro atoms. The predicted octanol–water partition coefficient (Wildman–Crippen LogP) is -0.714. The normalized spacial score (nSPS) is 23.6. The second-order valence-corrected chi connectivity index (χ2v) is 2.82. The van der Waals surface area contributed by atoms with Crippen molar-refractivity contribution >= 4 is 0 Å². The zero-order valence-corrected chi connectivity index (χ0v) is 6.05.